The van der Waals surface area contributed by atoms with Gasteiger partial charge < -0.3 is 10.6 Å². The van der Waals surface area contributed by atoms with Gasteiger partial charge in [0.1, 0.15) is 0 Å². The summed E-state index contributed by atoms with van der Waals surface area (Å²) < 4.78 is 0. The molecule has 2 N–H and O–H groups in total. The highest BCUT2D eigenvalue weighted by Crippen LogP contribution is 2.18. The van der Waals surface area contributed by atoms with Gasteiger partial charge in [-0.2, -0.15) is 0 Å². The van der Waals surface area contributed by atoms with E-state index in [1.807, 2.05) is 0 Å². The average molecular weight is 289 g/mol. The lowest BCUT2D eigenvalue weighted by molar-refractivity contribution is -0.385. The van der Waals surface area contributed by atoms with E-state index in [1.165, 1.54) is 17.7 Å². The number of carbonyl (C=O) groups excluding carboxylic acids is 1. The Hall–Kier alpha value is -2.21. The highest BCUT2D eigenvalue weighted by atomic mass is 16.6. The highest BCUT2D eigenvalue weighted by molar-refractivity contribution is 5.94. The number of amides is 1. The van der Waals surface area contributed by atoms with Gasteiger partial charge in [0.05, 0.1) is 4.92 Å². The number of rotatable bonds is 5. The molecule has 6 nitrogen and oxygen atoms in total. The minimum absolute atomic E-state index is 0.0337. The summed E-state index contributed by atoms with van der Waals surface area (Å²) in [6, 6.07) is 4.42. The summed E-state index contributed by atoms with van der Waals surface area (Å²) >= 11 is 0. The van der Waals surface area contributed by atoms with E-state index in [0.29, 0.717) is 17.7 Å². The van der Waals surface area contributed by atoms with Gasteiger partial charge in [0.25, 0.3) is 11.6 Å². The molecule has 0 fully saturated rings. The molecule has 0 spiro atoms. The van der Waals surface area contributed by atoms with E-state index < -0.39 is 4.92 Å². The predicted octanol–water partition coefficient (Wildman–Crippen LogP) is 1.94. The molecule has 6 heteroatoms. The highest BCUT2D eigenvalue weighted by Gasteiger charge is 2.13. The maximum Gasteiger partial charge on any atom is 0.272 e. The van der Waals surface area contributed by atoms with Crippen molar-refractivity contribution in [2.45, 2.75) is 19.8 Å². The third kappa shape index (κ3) is 4.13. The number of hydrogen-bond acceptors (Lipinski definition) is 4. The Morgan fingerprint density at radius 3 is 2.90 bits per heavy atom. The molecule has 0 atom stereocenters. The molecule has 0 bridgehead atoms. The second-order valence-electron chi connectivity index (χ2n) is 5.08. The minimum atomic E-state index is -0.444. The molecule has 112 valence electrons. The van der Waals surface area contributed by atoms with Crippen molar-refractivity contribution in [2.75, 3.05) is 19.6 Å². The zero-order chi connectivity index (χ0) is 15.2. The molecule has 1 aliphatic heterocycles. The first-order valence-electron chi connectivity index (χ1n) is 7.00. The summed E-state index contributed by atoms with van der Waals surface area (Å²) in [4.78, 5) is 22.3. The third-order valence-corrected chi connectivity index (χ3v) is 3.55. The van der Waals surface area contributed by atoms with E-state index in [4.69, 9.17) is 0 Å². The average Bonchev–Trinajstić information content (AvgIpc) is 2.47. The quantitative estimate of drug-likeness (QED) is 0.493. The van der Waals surface area contributed by atoms with E-state index in [2.05, 4.69) is 16.7 Å². The van der Waals surface area contributed by atoms with E-state index in [9.17, 15) is 14.9 Å². The van der Waals surface area contributed by atoms with E-state index in [1.54, 1.807) is 13.0 Å². The number of benzene rings is 1. The lowest BCUT2D eigenvalue weighted by atomic mass is 10.1. The summed E-state index contributed by atoms with van der Waals surface area (Å²) in [5.74, 6) is -0.192. The molecular weight excluding hydrogens is 270 g/mol. The van der Waals surface area contributed by atoms with Crippen molar-refractivity contribution in [3.05, 3.63) is 51.1 Å². The number of aryl methyl sites for hydroxylation is 1. The number of hydrogen-bond donors (Lipinski definition) is 2. The number of nitrogens with one attached hydrogen (secondary N) is 2. The van der Waals surface area contributed by atoms with Crippen molar-refractivity contribution in [1.82, 2.24) is 10.6 Å². The molecule has 0 aliphatic carbocycles. The number of nitro benzene ring substituents is 1. The monoisotopic (exact) mass is 289 g/mol. The number of carbonyl (C=O) groups is 1. The van der Waals surface area contributed by atoms with Crippen LogP contribution in [0.2, 0.25) is 0 Å². The maximum atomic E-state index is 12.0. The predicted molar refractivity (Wildman–Crippen MR) is 80.4 cm³/mol. The van der Waals surface area contributed by atoms with E-state index in [-0.39, 0.29) is 11.6 Å². The smallest absolute Gasteiger partial charge is 0.272 e. The van der Waals surface area contributed by atoms with Gasteiger partial charge in [-0.1, -0.05) is 11.6 Å². The van der Waals surface area contributed by atoms with Gasteiger partial charge in [-0.25, -0.2) is 0 Å². The van der Waals surface area contributed by atoms with Crippen molar-refractivity contribution in [3.8, 4) is 0 Å². The molecule has 1 amide bonds. The fraction of sp³-hybridized carbons (Fsp3) is 0.400. The van der Waals surface area contributed by atoms with Gasteiger partial charge in [0.15, 0.2) is 0 Å². The SMILES string of the molecule is Cc1cc(C(=O)NCCC2=CCNCC2)ccc1[N+](=O)[O-]. The Bertz CT molecular complexity index is 582. The second-order valence-corrected chi connectivity index (χ2v) is 5.08. The summed E-state index contributed by atoms with van der Waals surface area (Å²) in [6.07, 6.45) is 4.03. The van der Waals surface area contributed by atoms with Crippen LogP contribution in [0.4, 0.5) is 5.69 Å². The molecule has 0 saturated carbocycles. The van der Waals surface area contributed by atoms with Crippen LogP contribution >= 0.6 is 0 Å². The molecule has 0 aromatic heterocycles. The van der Waals surface area contributed by atoms with Crippen LogP contribution < -0.4 is 10.6 Å². The Balaban J connectivity index is 1.89. The van der Waals surface area contributed by atoms with Crippen LogP contribution in [0.25, 0.3) is 0 Å². The Labute approximate surface area is 123 Å². The van der Waals surface area contributed by atoms with E-state index in [0.717, 1.165) is 25.9 Å². The largest absolute Gasteiger partial charge is 0.352 e. The number of nitrogens with zero attached hydrogens (tertiary/aromatic N) is 1. The van der Waals surface area contributed by atoms with Crippen molar-refractivity contribution in [1.29, 1.82) is 0 Å². The third-order valence-electron chi connectivity index (χ3n) is 3.55. The van der Waals surface area contributed by atoms with Crippen LogP contribution in [0, 0.1) is 17.0 Å². The van der Waals surface area contributed by atoms with Gasteiger partial charge in [-0.3, -0.25) is 14.9 Å². The fourth-order valence-corrected chi connectivity index (χ4v) is 2.34. The molecule has 1 heterocycles. The maximum absolute atomic E-state index is 12.0. The van der Waals surface area contributed by atoms with Crippen molar-refractivity contribution in [2.24, 2.45) is 0 Å². The summed E-state index contributed by atoms with van der Waals surface area (Å²) in [5.41, 5.74) is 2.34. The van der Waals surface area contributed by atoms with Crippen LogP contribution in [0.15, 0.2) is 29.8 Å². The Kier molecular flexibility index (Phi) is 5.05. The van der Waals surface area contributed by atoms with E-state index >= 15 is 0 Å². The lowest BCUT2D eigenvalue weighted by Crippen LogP contribution is -2.26. The zero-order valence-electron chi connectivity index (χ0n) is 12.0. The molecule has 0 unspecified atom stereocenters. The molecular formula is C15H19N3O3. The van der Waals surface area contributed by atoms with Crippen molar-refractivity contribution >= 4 is 11.6 Å². The molecule has 1 aromatic rings. The normalized spacial score (nSPS) is 14.4. The van der Waals surface area contributed by atoms with Crippen LogP contribution in [-0.2, 0) is 0 Å². The summed E-state index contributed by atoms with van der Waals surface area (Å²) in [5, 5.41) is 16.8. The Morgan fingerprint density at radius 2 is 2.29 bits per heavy atom. The van der Waals surface area contributed by atoms with Gasteiger partial charge in [-0.05, 0) is 38.4 Å². The van der Waals surface area contributed by atoms with Crippen molar-refractivity contribution < 1.29 is 9.72 Å². The van der Waals surface area contributed by atoms with Gasteiger partial charge >= 0.3 is 0 Å². The van der Waals surface area contributed by atoms with Crippen LogP contribution in [0.3, 0.4) is 0 Å². The molecule has 1 aromatic carbocycles. The van der Waals surface area contributed by atoms with Gasteiger partial charge in [-0.15, -0.1) is 0 Å². The fourth-order valence-electron chi connectivity index (χ4n) is 2.34. The number of nitro groups is 1. The van der Waals surface area contributed by atoms with Crippen LogP contribution in [0.1, 0.15) is 28.8 Å². The van der Waals surface area contributed by atoms with Gasteiger partial charge in [0, 0.05) is 30.3 Å². The first-order valence-corrected chi connectivity index (χ1v) is 7.00. The summed E-state index contributed by atoms with van der Waals surface area (Å²) in [6.45, 7) is 4.10. The zero-order valence-corrected chi connectivity index (χ0v) is 12.0. The Morgan fingerprint density at radius 1 is 1.48 bits per heavy atom. The first-order chi connectivity index (χ1) is 10.1. The molecule has 0 radical (unpaired) electrons. The second kappa shape index (κ2) is 6.99. The van der Waals surface area contributed by atoms with Gasteiger partial charge in [0.2, 0.25) is 0 Å². The minimum Gasteiger partial charge on any atom is -0.352 e. The molecule has 2 rings (SSSR count). The molecule has 1 aliphatic rings. The molecule has 0 saturated heterocycles. The lowest BCUT2D eigenvalue weighted by Gasteiger charge is -2.14. The van der Waals surface area contributed by atoms with Crippen LogP contribution in [0.5, 0.6) is 0 Å². The molecule has 21 heavy (non-hydrogen) atoms. The first kappa shape index (κ1) is 15.2. The topological polar surface area (TPSA) is 84.3 Å². The van der Waals surface area contributed by atoms with Crippen LogP contribution in [-0.4, -0.2) is 30.5 Å². The standard InChI is InChI=1S/C15H19N3O3/c1-11-10-13(2-3-14(11)18(20)21)15(19)17-9-6-12-4-7-16-8-5-12/h2-4,10,16H,5-9H2,1H3,(H,17,19). The van der Waals surface area contributed by atoms with Crippen molar-refractivity contribution in [3.63, 3.8) is 0 Å². The summed E-state index contributed by atoms with van der Waals surface area (Å²) in [7, 11) is 0.